The van der Waals surface area contributed by atoms with E-state index in [4.69, 9.17) is 10.6 Å². The molecule has 0 saturated heterocycles. The molecule has 0 aliphatic carbocycles. The molecule has 0 aliphatic rings. The third kappa shape index (κ3) is 5.39. The predicted octanol–water partition coefficient (Wildman–Crippen LogP) is 2.58. The van der Waals surface area contributed by atoms with Gasteiger partial charge in [-0.3, -0.25) is 4.79 Å². The van der Waals surface area contributed by atoms with Crippen molar-refractivity contribution in [2.24, 2.45) is 0 Å². The highest BCUT2D eigenvalue weighted by atomic mass is 32.2. The average Bonchev–Trinajstić information content (AvgIpc) is 2.92. The van der Waals surface area contributed by atoms with Gasteiger partial charge in [0.05, 0.1) is 5.75 Å². The summed E-state index contributed by atoms with van der Waals surface area (Å²) in [5.41, 5.74) is 2.01. The lowest BCUT2D eigenvalue weighted by molar-refractivity contribution is -0.120. The molecule has 0 saturated carbocycles. The summed E-state index contributed by atoms with van der Waals surface area (Å²) in [6, 6.07) is 5.98. The predicted molar refractivity (Wildman–Crippen MR) is 104 cm³/mol. The van der Waals surface area contributed by atoms with Gasteiger partial charge in [-0.05, 0) is 45.7 Å². The highest BCUT2D eigenvalue weighted by Gasteiger charge is 2.19. The molecule has 1 amide bonds. The molecule has 2 aromatic rings. The zero-order valence-corrected chi connectivity index (χ0v) is 16.8. The van der Waals surface area contributed by atoms with E-state index in [2.05, 4.69) is 21.6 Å². The van der Waals surface area contributed by atoms with E-state index in [1.54, 1.807) is 0 Å². The van der Waals surface area contributed by atoms with Crippen LogP contribution >= 0.6 is 11.8 Å². The topological polar surface area (TPSA) is 95.1 Å². The molecule has 0 bridgehead atoms. The number of ether oxygens (including phenoxy) is 1. The Labute approximate surface area is 158 Å². The molecule has 3 N–H and O–H groups in total. The Balaban J connectivity index is 1.92. The van der Waals surface area contributed by atoms with Gasteiger partial charge in [0.15, 0.2) is 5.82 Å². The SMILES string of the molecule is CCC(C)(C)NC(=O)CSc1nnc(COc2ccc(C)cc2C)n1N. The summed E-state index contributed by atoms with van der Waals surface area (Å²) < 4.78 is 7.15. The minimum Gasteiger partial charge on any atom is -0.485 e. The largest absolute Gasteiger partial charge is 0.485 e. The standard InChI is InChI=1S/C18H27N5O2S/c1-6-18(4,5)20-16(24)11-26-17-22-21-15(23(17)19)10-25-14-8-7-12(2)9-13(14)3/h7-9H,6,10-11,19H2,1-5H3,(H,20,24). The molecule has 0 spiro atoms. The number of nitrogens with two attached hydrogens (primary N) is 1. The minimum absolute atomic E-state index is 0.0575. The highest BCUT2D eigenvalue weighted by molar-refractivity contribution is 7.99. The van der Waals surface area contributed by atoms with Crippen molar-refractivity contribution in [2.75, 3.05) is 11.6 Å². The van der Waals surface area contributed by atoms with Crippen LogP contribution in [0.2, 0.25) is 0 Å². The lowest BCUT2D eigenvalue weighted by Crippen LogP contribution is -2.43. The second-order valence-electron chi connectivity index (χ2n) is 6.90. The van der Waals surface area contributed by atoms with Gasteiger partial charge in [-0.1, -0.05) is 36.4 Å². The number of nitrogens with one attached hydrogen (secondary N) is 1. The molecule has 1 heterocycles. The Kier molecular flexibility index (Phi) is 6.52. The Morgan fingerprint density at radius 1 is 1.35 bits per heavy atom. The summed E-state index contributed by atoms with van der Waals surface area (Å²) in [5.74, 6) is 7.49. The van der Waals surface area contributed by atoms with Crippen molar-refractivity contribution in [2.45, 2.75) is 58.3 Å². The summed E-state index contributed by atoms with van der Waals surface area (Å²) in [5, 5.41) is 11.6. The molecule has 0 fully saturated rings. The monoisotopic (exact) mass is 377 g/mol. The number of hydrogen-bond donors (Lipinski definition) is 2. The van der Waals surface area contributed by atoms with E-state index in [1.165, 1.54) is 22.0 Å². The van der Waals surface area contributed by atoms with Crippen LogP contribution in [0.25, 0.3) is 0 Å². The summed E-state index contributed by atoms with van der Waals surface area (Å²) in [7, 11) is 0. The van der Waals surface area contributed by atoms with Crippen molar-refractivity contribution in [3.8, 4) is 5.75 Å². The fourth-order valence-electron chi connectivity index (χ4n) is 2.24. The number of hydrogen-bond acceptors (Lipinski definition) is 6. The number of nitrogen functional groups attached to an aromatic ring is 1. The van der Waals surface area contributed by atoms with Crippen molar-refractivity contribution in [1.82, 2.24) is 20.2 Å². The van der Waals surface area contributed by atoms with Crippen LogP contribution in [0.15, 0.2) is 23.4 Å². The van der Waals surface area contributed by atoms with Gasteiger partial charge in [-0.2, -0.15) is 0 Å². The second-order valence-corrected chi connectivity index (χ2v) is 7.84. The zero-order valence-electron chi connectivity index (χ0n) is 16.0. The van der Waals surface area contributed by atoms with Crippen LogP contribution in [0.5, 0.6) is 5.75 Å². The molecule has 0 radical (unpaired) electrons. The number of amides is 1. The van der Waals surface area contributed by atoms with Crippen LogP contribution in [0, 0.1) is 13.8 Å². The van der Waals surface area contributed by atoms with E-state index >= 15 is 0 Å². The van der Waals surface area contributed by atoms with Crippen molar-refractivity contribution in [3.63, 3.8) is 0 Å². The molecule has 8 heteroatoms. The first-order valence-corrected chi connectivity index (χ1v) is 9.53. The molecule has 26 heavy (non-hydrogen) atoms. The minimum atomic E-state index is -0.223. The number of nitrogens with zero attached hydrogens (tertiary/aromatic N) is 3. The third-order valence-electron chi connectivity index (χ3n) is 4.12. The summed E-state index contributed by atoms with van der Waals surface area (Å²) >= 11 is 1.25. The number of carbonyl (C=O) groups excluding carboxylic acids is 1. The first-order chi connectivity index (χ1) is 12.2. The maximum Gasteiger partial charge on any atom is 0.230 e. The van der Waals surface area contributed by atoms with Gasteiger partial charge in [0.2, 0.25) is 11.1 Å². The van der Waals surface area contributed by atoms with Crippen LogP contribution in [0.3, 0.4) is 0 Å². The number of thioether (sulfide) groups is 1. The third-order valence-corrected chi connectivity index (χ3v) is 5.06. The van der Waals surface area contributed by atoms with Crippen molar-refractivity contribution in [1.29, 1.82) is 0 Å². The van der Waals surface area contributed by atoms with E-state index in [9.17, 15) is 4.79 Å². The van der Waals surface area contributed by atoms with Crippen LogP contribution in [0.1, 0.15) is 44.1 Å². The van der Waals surface area contributed by atoms with Gasteiger partial charge in [-0.15, -0.1) is 10.2 Å². The van der Waals surface area contributed by atoms with E-state index in [1.807, 2.05) is 46.8 Å². The maximum absolute atomic E-state index is 12.0. The maximum atomic E-state index is 12.0. The Morgan fingerprint density at radius 2 is 2.08 bits per heavy atom. The van der Waals surface area contributed by atoms with Crippen molar-refractivity contribution >= 4 is 17.7 Å². The second kappa shape index (κ2) is 8.44. The fourth-order valence-corrected chi connectivity index (χ4v) is 2.92. The van der Waals surface area contributed by atoms with Crippen molar-refractivity contribution in [3.05, 3.63) is 35.2 Å². The van der Waals surface area contributed by atoms with Gasteiger partial charge in [0, 0.05) is 5.54 Å². The molecular formula is C18H27N5O2S. The lowest BCUT2D eigenvalue weighted by atomic mass is 10.0. The first kappa shape index (κ1) is 20.1. The zero-order chi connectivity index (χ0) is 19.3. The Hall–Kier alpha value is -2.22. The van der Waals surface area contributed by atoms with Crippen LogP contribution in [-0.2, 0) is 11.4 Å². The Bertz CT molecular complexity index is 773. The summed E-state index contributed by atoms with van der Waals surface area (Å²) in [6.45, 7) is 10.3. The van der Waals surface area contributed by atoms with E-state index in [0.29, 0.717) is 11.0 Å². The van der Waals surface area contributed by atoms with Gasteiger partial charge in [0.25, 0.3) is 0 Å². The van der Waals surface area contributed by atoms with E-state index in [-0.39, 0.29) is 23.8 Å². The molecule has 7 nitrogen and oxygen atoms in total. The molecule has 142 valence electrons. The molecule has 1 aromatic heterocycles. The van der Waals surface area contributed by atoms with Gasteiger partial charge >= 0.3 is 0 Å². The highest BCUT2D eigenvalue weighted by Crippen LogP contribution is 2.21. The summed E-state index contributed by atoms with van der Waals surface area (Å²) in [4.78, 5) is 12.0. The fraction of sp³-hybridized carbons (Fsp3) is 0.500. The summed E-state index contributed by atoms with van der Waals surface area (Å²) in [6.07, 6.45) is 0.858. The number of rotatable bonds is 8. The average molecular weight is 378 g/mol. The number of carbonyl (C=O) groups is 1. The van der Waals surface area contributed by atoms with Crippen molar-refractivity contribution < 1.29 is 9.53 Å². The molecular weight excluding hydrogens is 350 g/mol. The van der Waals surface area contributed by atoms with Gasteiger partial charge in [0.1, 0.15) is 12.4 Å². The smallest absolute Gasteiger partial charge is 0.230 e. The lowest BCUT2D eigenvalue weighted by Gasteiger charge is -2.24. The molecule has 0 atom stereocenters. The van der Waals surface area contributed by atoms with Crippen LogP contribution in [-0.4, -0.2) is 32.1 Å². The van der Waals surface area contributed by atoms with Gasteiger partial charge < -0.3 is 15.9 Å². The molecule has 0 aliphatic heterocycles. The van der Waals surface area contributed by atoms with E-state index in [0.717, 1.165) is 17.7 Å². The first-order valence-electron chi connectivity index (χ1n) is 8.55. The molecule has 2 rings (SSSR count). The quantitative estimate of drug-likeness (QED) is 0.542. The number of aromatic nitrogens is 3. The normalized spacial score (nSPS) is 11.4. The van der Waals surface area contributed by atoms with E-state index < -0.39 is 0 Å². The van der Waals surface area contributed by atoms with Crippen LogP contribution < -0.4 is 15.9 Å². The molecule has 1 aromatic carbocycles. The van der Waals surface area contributed by atoms with Crippen LogP contribution in [0.4, 0.5) is 0 Å². The van der Waals surface area contributed by atoms with Gasteiger partial charge in [-0.25, -0.2) is 4.68 Å². The number of benzene rings is 1. The number of aryl methyl sites for hydroxylation is 2. The molecule has 0 unspecified atom stereocenters. The Morgan fingerprint density at radius 3 is 2.73 bits per heavy atom.